The van der Waals surface area contributed by atoms with Crippen LogP contribution in [0.5, 0.6) is 0 Å². The first kappa shape index (κ1) is 12.0. The van der Waals surface area contributed by atoms with Gasteiger partial charge >= 0.3 is 0 Å². The lowest BCUT2D eigenvalue weighted by Crippen LogP contribution is -2.44. The average molecular weight is 264 g/mol. The topological polar surface area (TPSA) is 40.5 Å². The van der Waals surface area contributed by atoms with E-state index < -0.39 is 0 Å². The third kappa shape index (κ3) is 2.95. The number of halogens is 1. The summed E-state index contributed by atoms with van der Waals surface area (Å²) in [6.07, 6.45) is 2.87. The van der Waals surface area contributed by atoms with E-state index in [4.69, 9.17) is 5.11 Å². The number of hydrogen-bond acceptors (Lipinski definition) is 2. The van der Waals surface area contributed by atoms with E-state index in [1.165, 1.54) is 0 Å². The molecule has 1 saturated heterocycles. The quantitative estimate of drug-likeness (QED) is 0.782. The molecule has 2 unspecified atom stereocenters. The van der Waals surface area contributed by atoms with E-state index in [9.17, 15) is 4.79 Å². The number of piperidine rings is 1. The van der Waals surface area contributed by atoms with Crippen LogP contribution in [-0.2, 0) is 4.79 Å². The van der Waals surface area contributed by atoms with Crippen molar-refractivity contribution in [3.63, 3.8) is 0 Å². The van der Waals surface area contributed by atoms with Gasteiger partial charge in [0.15, 0.2) is 0 Å². The van der Waals surface area contributed by atoms with Gasteiger partial charge in [0.1, 0.15) is 0 Å². The fourth-order valence-corrected chi connectivity index (χ4v) is 2.08. The largest absolute Gasteiger partial charge is 0.396 e. The van der Waals surface area contributed by atoms with Gasteiger partial charge in [0.2, 0.25) is 5.91 Å². The van der Waals surface area contributed by atoms with Gasteiger partial charge in [0, 0.05) is 19.7 Å². The summed E-state index contributed by atoms with van der Waals surface area (Å²) in [6, 6.07) is 0. The molecule has 1 fully saturated rings. The van der Waals surface area contributed by atoms with Crippen molar-refractivity contribution in [1.29, 1.82) is 0 Å². The molecule has 0 bridgehead atoms. The Labute approximate surface area is 93.6 Å². The van der Waals surface area contributed by atoms with Crippen molar-refractivity contribution in [2.24, 2.45) is 5.92 Å². The van der Waals surface area contributed by atoms with E-state index >= 15 is 0 Å². The number of hydrogen-bond donors (Lipinski definition) is 1. The van der Waals surface area contributed by atoms with E-state index in [1.807, 2.05) is 11.8 Å². The number of aliphatic hydroxyl groups excluding tert-OH is 1. The fourth-order valence-electron chi connectivity index (χ4n) is 1.79. The summed E-state index contributed by atoms with van der Waals surface area (Å²) in [5, 5.41) is 9.04. The van der Waals surface area contributed by atoms with Crippen molar-refractivity contribution in [1.82, 2.24) is 4.90 Å². The molecule has 1 N–H and O–H groups in total. The standard InChI is InChI=1S/C10H18BrNO2/c1-2-9(11)10(14)12-5-3-4-8(6-12)7-13/h8-9,13H,2-7H2,1H3. The molecular weight excluding hydrogens is 246 g/mol. The van der Waals surface area contributed by atoms with Crippen molar-refractivity contribution in [3.8, 4) is 0 Å². The first-order chi connectivity index (χ1) is 6.69. The summed E-state index contributed by atoms with van der Waals surface area (Å²) < 4.78 is 0. The molecule has 2 atom stereocenters. The van der Waals surface area contributed by atoms with Gasteiger partial charge in [-0.1, -0.05) is 22.9 Å². The van der Waals surface area contributed by atoms with Crippen molar-refractivity contribution in [3.05, 3.63) is 0 Å². The molecule has 1 rings (SSSR count). The number of likely N-dealkylation sites (tertiary alicyclic amines) is 1. The molecule has 0 saturated carbocycles. The van der Waals surface area contributed by atoms with Crippen molar-refractivity contribution >= 4 is 21.8 Å². The van der Waals surface area contributed by atoms with Crippen molar-refractivity contribution < 1.29 is 9.90 Å². The van der Waals surface area contributed by atoms with Crippen LogP contribution in [0.1, 0.15) is 26.2 Å². The highest BCUT2D eigenvalue weighted by Gasteiger charge is 2.26. The Balaban J connectivity index is 2.47. The molecule has 3 nitrogen and oxygen atoms in total. The Hall–Kier alpha value is -0.0900. The Morgan fingerprint density at radius 2 is 2.43 bits per heavy atom. The molecule has 1 aliphatic heterocycles. The smallest absolute Gasteiger partial charge is 0.236 e. The predicted molar refractivity (Wildman–Crippen MR) is 59.4 cm³/mol. The summed E-state index contributed by atoms with van der Waals surface area (Å²) >= 11 is 3.37. The van der Waals surface area contributed by atoms with Crippen molar-refractivity contribution in [2.75, 3.05) is 19.7 Å². The maximum atomic E-state index is 11.8. The molecule has 0 radical (unpaired) electrons. The number of carbonyl (C=O) groups excluding carboxylic acids is 1. The van der Waals surface area contributed by atoms with Gasteiger partial charge < -0.3 is 10.0 Å². The number of rotatable bonds is 3. The second kappa shape index (κ2) is 5.71. The minimum absolute atomic E-state index is 0.0556. The lowest BCUT2D eigenvalue weighted by molar-refractivity contribution is -0.132. The molecular formula is C10H18BrNO2. The third-order valence-electron chi connectivity index (χ3n) is 2.72. The number of alkyl halides is 1. The van der Waals surface area contributed by atoms with Crippen LogP contribution in [0.2, 0.25) is 0 Å². The van der Waals surface area contributed by atoms with Crippen LogP contribution in [0, 0.1) is 5.92 Å². The Bertz CT molecular complexity index is 199. The summed E-state index contributed by atoms with van der Waals surface area (Å²) in [7, 11) is 0. The van der Waals surface area contributed by atoms with Crippen LogP contribution in [-0.4, -0.2) is 40.4 Å². The Morgan fingerprint density at radius 1 is 1.71 bits per heavy atom. The van der Waals surface area contributed by atoms with Crippen LogP contribution < -0.4 is 0 Å². The summed E-state index contributed by atoms with van der Waals surface area (Å²) in [6.45, 7) is 3.75. The minimum atomic E-state index is -0.0556. The summed E-state index contributed by atoms with van der Waals surface area (Å²) in [4.78, 5) is 13.6. The van der Waals surface area contributed by atoms with Crippen LogP contribution in [0.25, 0.3) is 0 Å². The van der Waals surface area contributed by atoms with Crippen LogP contribution >= 0.6 is 15.9 Å². The first-order valence-corrected chi connectivity index (χ1v) is 6.14. The van der Waals surface area contributed by atoms with E-state index in [0.29, 0.717) is 0 Å². The highest BCUT2D eigenvalue weighted by atomic mass is 79.9. The van der Waals surface area contributed by atoms with Crippen LogP contribution in [0.3, 0.4) is 0 Å². The second-order valence-corrected chi connectivity index (χ2v) is 4.96. The summed E-state index contributed by atoms with van der Waals surface area (Å²) in [5.41, 5.74) is 0. The lowest BCUT2D eigenvalue weighted by atomic mass is 9.99. The molecule has 0 aromatic carbocycles. The molecule has 0 aliphatic carbocycles. The second-order valence-electron chi connectivity index (χ2n) is 3.85. The molecule has 4 heteroatoms. The monoisotopic (exact) mass is 263 g/mol. The number of aliphatic hydroxyl groups is 1. The predicted octanol–water partition coefficient (Wildman–Crippen LogP) is 1.39. The molecule has 1 aliphatic rings. The zero-order chi connectivity index (χ0) is 10.6. The highest BCUT2D eigenvalue weighted by Crippen LogP contribution is 2.18. The highest BCUT2D eigenvalue weighted by molar-refractivity contribution is 9.10. The fraction of sp³-hybridized carbons (Fsp3) is 0.900. The third-order valence-corrected chi connectivity index (χ3v) is 3.75. The van der Waals surface area contributed by atoms with Crippen molar-refractivity contribution in [2.45, 2.75) is 31.0 Å². The molecule has 14 heavy (non-hydrogen) atoms. The van der Waals surface area contributed by atoms with Gasteiger partial charge in [-0.15, -0.1) is 0 Å². The molecule has 1 amide bonds. The molecule has 82 valence electrons. The SMILES string of the molecule is CCC(Br)C(=O)N1CCCC(CO)C1. The Kier molecular flexibility index (Phi) is 4.89. The molecule has 1 heterocycles. The van der Waals surface area contributed by atoms with Crippen LogP contribution in [0.15, 0.2) is 0 Å². The van der Waals surface area contributed by atoms with Crippen LogP contribution in [0.4, 0.5) is 0 Å². The lowest BCUT2D eigenvalue weighted by Gasteiger charge is -2.33. The molecule has 0 aromatic rings. The van der Waals surface area contributed by atoms with Gasteiger partial charge in [-0.2, -0.15) is 0 Å². The Morgan fingerprint density at radius 3 is 3.00 bits per heavy atom. The zero-order valence-electron chi connectivity index (χ0n) is 8.58. The maximum Gasteiger partial charge on any atom is 0.236 e. The van der Waals surface area contributed by atoms with Gasteiger partial charge in [-0.25, -0.2) is 0 Å². The minimum Gasteiger partial charge on any atom is -0.396 e. The van der Waals surface area contributed by atoms with Gasteiger partial charge in [0.25, 0.3) is 0 Å². The number of nitrogens with zero attached hydrogens (tertiary/aromatic N) is 1. The van der Waals surface area contributed by atoms with E-state index in [0.717, 1.165) is 32.4 Å². The van der Waals surface area contributed by atoms with E-state index in [-0.39, 0.29) is 23.3 Å². The van der Waals surface area contributed by atoms with E-state index in [1.54, 1.807) is 0 Å². The van der Waals surface area contributed by atoms with Gasteiger partial charge in [-0.3, -0.25) is 4.79 Å². The number of carbonyl (C=O) groups is 1. The molecule has 0 aromatic heterocycles. The molecule has 0 spiro atoms. The first-order valence-electron chi connectivity index (χ1n) is 5.22. The van der Waals surface area contributed by atoms with Gasteiger partial charge in [-0.05, 0) is 25.2 Å². The van der Waals surface area contributed by atoms with E-state index in [2.05, 4.69) is 15.9 Å². The summed E-state index contributed by atoms with van der Waals surface area (Å²) in [5.74, 6) is 0.454. The maximum absolute atomic E-state index is 11.8. The average Bonchev–Trinajstić information content (AvgIpc) is 2.27. The number of amides is 1. The zero-order valence-corrected chi connectivity index (χ0v) is 10.2. The van der Waals surface area contributed by atoms with Gasteiger partial charge in [0.05, 0.1) is 4.83 Å². The normalized spacial score (nSPS) is 24.8.